The normalized spacial score (nSPS) is 25.7. The zero-order valence-electron chi connectivity index (χ0n) is 12.9. The zero-order chi connectivity index (χ0) is 15.4. The van der Waals surface area contributed by atoms with Gasteiger partial charge in [0.25, 0.3) is 0 Å². The van der Waals surface area contributed by atoms with E-state index in [1.807, 2.05) is 0 Å². The van der Waals surface area contributed by atoms with Crippen LogP contribution in [0.15, 0.2) is 24.3 Å². The lowest BCUT2D eigenvalue weighted by Gasteiger charge is -2.36. The summed E-state index contributed by atoms with van der Waals surface area (Å²) in [6.07, 6.45) is 2.92. The molecular formula is C17H24ClNO2. The molecule has 3 nitrogen and oxygen atoms in total. The molecule has 0 aliphatic heterocycles. The summed E-state index contributed by atoms with van der Waals surface area (Å²) in [6.45, 7) is 6.62. The van der Waals surface area contributed by atoms with E-state index in [0.29, 0.717) is 28.5 Å². The van der Waals surface area contributed by atoms with Crippen LogP contribution in [0.25, 0.3) is 0 Å². The van der Waals surface area contributed by atoms with Gasteiger partial charge in [0, 0.05) is 10.7 Å². The Balaban J connectivity index is 1.96. The Bertz CT molecular complexity index is 489. The minimum absolute atomic E-state index is 0.00735. The van der Waals surface area contributed by atoms with Gasteiger partial charge in [0.15, 0.2) is 0 Å². The van der Waals surface area contributed by atoms with Crippen LogP contribution in [0.4, 0.5) is 10.5 Å². The van der Waals surface area contributed by atoms with E-state index in [1.54, 1.807) is 24.3 Å². The van der Waals surface area contributed by atoms with Gasteiger partial charge in [0.1, 0.15) is 6.10 Å². The number of nitrogens with one attached hydrogen (secondary N) is 1. The summed E-state index contributed by atoms with van der Waals surface area (Å²) < 4.78 is 5.69. The van der Waals surface area contributed by atoms with Gasteiger partial charge in [-0.25, -0.2) is 4.79 Å². The number of amides is 1. The molecule has 1 saturated carbocycles. The lowest BCUT2D eigenvalue weighted by Crippen LogP contribution is -2.36. The van der Waals surface area contributed by atoms with Crippen molar-refractivity contribution in [3.05, 3.63) is 29.3 Å². The second-order valence-electron chi connectivity index (χ2n) is 6.41. The molecule has 4 heteroatoms. The van der Waals surface area contributed by atoms with E-state index in [2.05, 4.69) is 26.1 Å². The molecular weight excluding hydrogens is 286 g/mol. The van der Waals surface area contributed by atoms with E-state index in [0.717, 1.165) is 12.8 Å². The maximum atomic E-state index is 12.1. The zero-order valence-corrected chi connectivity index (χ0v) is 13.7. The molecule has 0 aromatic heterocycles. The Hall–Kier alpha value is -1.22. The molecule has 0 spiro atoms. The van der Waals surface area contributed by atoms with E-state index < -0.39 is 0 Å². The molecule has 0 saturated heterocycles. The Kier molecular flexibility index (Phi) is 5.51. The first-order chi connectivity index (χ1) is 9.95. The van der Waals surface area contributed by atoms with Crippen molar-refractivity contribution in [3.63, 3.8) is 0 Å². The van der Waals surface area contributed by atoms with Crippen LogP contribution in [0.3, 0.4) is 0 Å². The van der Waals surface area contributed by atoms with Gasteiger partial charge in [-0.1, -0.05) is 44.9 Å². The minimum atomic E-state index is -0.387. The van der Waals surface area contributed by atoms with Crippen molar-refractivity contribution in [3.8, 4) is 0 Å². The smallest absolute Gasteiger partial charge is 0.411 e. The SMILES string of the molecule is CC(C)[C@@H]1CC[C@@H](C)C[C@@H]1OC(=O)Nc1cccc(Cl)c1. The molecule has 1 amide bonds. The largest absolute Gasteiger partial charge is 0.446 e. The number of anilines is 1. The summed E-state index contributed by atoms with van der Waals surface area (Å²) in [7, 11) is 0. The van der Waals surface area contributed by atoms with Crippen molar-refractivity contribution in [2.75, 3.05) is 5.32 Å². The number of carbonyl (C=O) groups excluding carboxylic acids is 1. The summed E-state index contributed by atoms with van der Waals surface area (Å²) in [6, 6.07) is 7.09. The van der Waals surface area contributed by atoms with Gasteiger partial charge in [-0.2, -0.15) is 0 Å². The maximum absolute atomic E-state index is 12.1. The van der Waals surface area contributed by atoms with E-state index in [-0.39, 0.29) is 12.2 Å². The number of rotatable bonds is 3. The van der Waals surface area contributed by atoms with Crippen LogP contribution in [0.5, 0.6) is 0 Å². The summed E-state index contributed by atoms with van der Waals surface area (Å²) >= 11 is 5.91. The molecule has 0 radical (unpaired) electrons. The highest BCUT2D eigenvalue weighted by molar-refractivity contribution is 6.30. The van der Waals surface area contributed by atoms with Gasteiger partial charge in [0.05, 0.1) is 0 Å². The minimum Gasteiger partial charge on any atom is -0.446 e. The number of ether oxygens (including phenoxy) is 1. The number of hydrogen-bond acceptors (Lipinski definition) is 2. The highest BCUT2D eigenvalue weighted by atomic mass is 35.5. The van der Waals surface area contributed by atoms with Crippen molar-refractivity contribution < 1.29 is 9.53 Å². The molecule has 1 aromatic carbocycles. The van der Waals surface area contributed by atoms with Crippen LogP contribution in [-0.4, -0.2) is 12.2 Å². The third-order valence-corrected chi connectivity index (χ3v) is 4.53. The van der Waals surface area contributed by atoms with Crippen molar-refractivity contribution in [2.45, 2.75) is 46.1 Å². The second kappa shape index (κ2) is 7.17. The molecule has 21 heavy (non-hydrogen) atoms. The predicted molar refractivity (Wildman–Crippen MR) is 86.7 cm³/mol. The average Bonchev–Trinajstić information content (AvgIpc) is 2.38. The van der Waals surface area contributed by atoms with Gasteiger partial charge in [0.2, 0.25) is 0 Å². The summed E-state index contributed by atoms with van der Waals surface area (Å²) in [5, 5.41) is 3.36. The number of benzene rings is 1. The van der Waals surface area contributed by atoms with E-state index in [9.17, 15) is 4.79 Å². The molecule has 3 atom stereocenters. The molecule has 116 valence electrons. The van der Waals surface area contributed by atoms with Gasteiger partial charge in [-0.15, -0.1) is 0 Å². The molecule has 0 heterocycles. The standard InChI is InChI=1S/C17H24ClNO2/c1-11(2)15-8-7-12(3)9-16(15)21-17(20)19-14-6-4-5-13(18)10-14/h4-6,10-12,15-16H,7-9H2,1-3H3,(H,19,20)/t12-,15+,16+/m1/s1. The van der Waals surface area contributed by atoms with Crippen molar-refractivity contribution in [1.82, 2.24) is 0 Å². The highest BCUT2D eigenvalue weighted by Crippen LogP contribution is 2.35. The highest BCUT2D eigenvalue weighted by Gasteiger charge is 2.33. The van der Waals surface area contributed by atoms with Crippen molar-refractivity contribution in [1.29, 1.82) is 0 Å². The lowest BCUT2D eigenvalue weighted by molar-refractivity contribution is 0.0126. The van der Waals surface area contributed by atoms with Crippen molar-refractivity contribution >= 4 is 23.4 Å². The quantitative estimate of drug-likeness (QED) is 0.817. The molecule has 1 aliphatic rings. The topological polar surface area (TPSA) is 38.3 Å². The molecule has 1 fully saturated rings. The average molecular weight is 310 g/mol. The van der Waals surface area contributed by atoms with Crippen LogP contribution in [0.1, 0.15) is 40.0 Å². The maximum Gasteiger partial charge on any atom is 0.411 e. The van der Waals surface area contributed by atoms with Crippen LogP contribution >= 0.6 is 11.6 Å². The molecule has 2 rings (SSSR count). The Morgan fingerprint density at radius 2 is 2.14 bits per heavy atom. The van der Waals surface area contributed by atoms with Crippen molar-refractivity contribution in [2.24, 2.45) is 17.8 Å². The van der Waals surface area contributed by atoms with Crippen LogP contribution in [0, 0.1) is 17.8 Å². The number of carbonyl (C=O) groups is 1. The van der Waals surface area contributed by atoms with Crippen LogP contribution < -0.4 is 5.32 Å². The summed E-state index contributed by atoms with van der Waals surface area (Å²) in [5.41, 5.74) is 0.664. The van der Waals surface area contributed by atoms with Gasteiger partial charge in [-0.3, -0.25) is 5.32 Å². The fraction of sp³-hybridized carbons (Fsp3) is 0.588. The fourth-order valence-corrected chi connectivity index (χ4v) is 3.29. The molecule has 0 unspecified atom stereocenters. The van der Waals surface area contributed by atoms with Gasteiger partial charge in [-0.05, 0) is 48.8 Å². The number of halogens is 1. The Morgan fingerprint density at radius 3 is 2.81 bits per heavy atom. The Labute approximate surface area is 132 Å². The fourth-order valence-electron chi connectivity index (χ4n) is 3.10. The number of hydrogen-bond donors (Lipinski definition) is 1. The third-order valence-electron chi connectivity index (χ3n) is 4.29. The van der Waals surface area contributed by atoms with E-state index >= 15 is 0 Å². The molecule has 1 N–H and O–H groups in total. The first-order valence-corrected chi connectivity index (χ1v) is 8.06. The van der Waals surface area contributed by atoms with Crippen LogP contribution in [0.2, 0.25) is 5.02 Å². The first kappa shape index (κ1) is 16.2. The van der Waals surface area contributed by atoms with E-state index in [4.69, 9.17) is 16.3 Å². The van der Waals surface area contributed by atoms with Gasteiger partial charge >= 0.3 is 6.09 Å². The van der Waals surface area contributed by atoms with E-state index in [1.165, 1.54) is 6.42 Å². The first-order valence-electron chi connectivity index (χ1n) is 7.69. The summed E-state index contributed by atoms with van der Waals surface area (Å²) in [4.78, 5) is 12.1. The third kappa shape index (κ3) is 4.63. The van der Waals surface area contributed by atoms with Crippen LogP contribution in [-0.2, 0) is 4.74 Å². The summed E-state index contributed by atoms with van der Waals surface area (Å²) in [5.74, 6) is 1.59. The van der Waals surface area contributed by atoms with Gasteiger partial charge < -0.3 is 4.74 Å². The molecule has 1 aliphatic carbocycles. The predicted octanol–water partition coefficient (Wildman–Crippen LogP) is 5.35. The second-order valence-corrected chi connectivity index (χ2v) is 6.84. The molecule has 0 bridgehead atoms. The molecule has 1 aromatic rings. The lowest BCUT2D eigenvalue weighted by atomic mass is 9.75. The Morgan fingerprint density at radius 1 is 1.38 bits per heavy atom. The monoisotopic (exact) mass is 309 g/mol.